The highest BCUT2D eigenvalue weighted by atomic mass is 14.9. The summed E-state index contributed by atoms with van der Waals surface area (Å²) < 4.78 is 0. The fourth-order valence-electron chi connectivity index (χ4n) is 4.55. The van der Waals surface area contributed by atoms with Crippen molar-refractivity contribution in [3.8, 4) is 0 Å². The average Bonchev–Trinajstić information content (AvgIpc) is 2.52. The van der Waals surface area contributed by atoms with E-state index in [1.807, 2.05) is 0 Å². The Balaban J connectivity index is 1.82. The third-order valence-electron chi connectivity index (χ3n) is 6.01. The van der Waals surface area contributed by atoms with Crippen LogP contribution in [0.1, 0.15) is 90.9 Å². The molecule has 0 bridgehead atoms. The second-order valence-corrected chi connectivity index (χ2v) is 7.49. The van der Waals surface area contributed by atoms with E-state index in [4.69, 9.17) is 0 Å². The molecule has 1 atom stereocenters. The molecule has 0 saturated heterocycles. The maximum Gasteiger partial charge on any atom is 0.00979 e. The first-order valence-corrected chi connectivity index (χ1v) is 9.56. The highest BCUT2D eigenvalue weighted by Crippen LogP contribution is 2.36. The van der Waals surface area contributed by atoms with Crippen molar-refractivity contribution >= 4 is 0 Å². The van der Waals surface area contributed by atoms with Crippen LogP contribution in [0.25, 0.3) is 0 Å². The lowest BCUT2D eigenvalue weighted by molar-refractivity contribution is 0.184. The van der Waals surface area contributed by atoms with Gasteiger partial charge in [0.1, 0.15) is 0 Å². The lowest BCUT2D eigenvalue weighted by Gasteiger charge is -2.36. The Morgan fingerprint density at radius 3 is 2.15 bits per heavy atom. The standard InChI is InChI=1S/C19H37N/c1-3-14-20-19(15-17-8-6-5-7-9-17)18-12-10-16(4-2)11-13-18/h16-20H,3-15H2,1-2H3. The smallest absolute Gasteiger partial charge is 0.00979 e. The van der Waals surface area contributed by atoms with Gasteiger partial charge in [0.05, 0.1) is 0 Å². The van der Waals surface area contributed by atoms with Gasteiger partial charge in [-0.15, -0.1) is 0 Å². The molecule has 118 valence electrons. The summed E-state index contributed by atoms with van der Waals surface area (Å²) in [6.45, 7) is 5.91. The normalized spacial score (nSPS) is 30.3. The predicted molar refractivity (Wildman–Crippen MR) is 89.0 cm³/mol. The molecule has 0 aliphatic heterocycles. The fourth-order valence-corrected chi connectivity index (χ4v) is 4.55. The van der Waals surface area contributed by atoms with Gasteiger partial charge in [-0.2, -0.15) is 0 Å². The highest BCUT2D eigenvalue weighted by molar-refractivity contribution is 4.84. The van der Waals surface area contributed by atoms with Crippen molar-refractivity contribution in [2.45, 2.75) is 96.9 Å². The molecular weight excluding hydrogens is 242 g/mol. The summed E-state index contributed by atoms with van der Waals surface area (Å²) in [7, 11) is 0. The molecule has 0 spiro atoms. The molecule has 1 heteroatoms. The summed E-state index contributed by atoms with van der Waals surface area (Å²) in [4.78, 5) is 0. The van der Waals surface area contributed by atoms with Crippen LogP contribution < -0.4 is 5.32 Å². The van der Waals surface area contributed by atoms with Crippen molar-refractivity contribution in [3.05, 3.63) is 0 Å². The molecule has 1 N–H and O–H groups in total. The van der Waals surface area contributed by atoms with Gasteiger partial charge in [-0.05, 0) is 50.0 Å². The molecule has 0 heterocycles. The molecule has 2 aliphatic carbocycles. The molecule has 2 aliphatic rings. The van der Waals surface area contributed by atoms with Gasteiger partial charge >= 0.3 is 0 Å². The molecule has 0 aromatic carbocycles. The molecule has 1 nitrogen and oxygen atoms in total. The molecular formula is C19H37N. The Kier molecular flexibility index (Phi) is 7.41. The summed E-state index contributed by atoms with van der Waals surface area (Å²) in [5, 5.41) is 3.92. The second-order valence-electron chi connectivity index (χ2n) is 7.49. The largest absolute Gasteiger partial charge is 0.314 e. The average molecular weight is 280 g/mol. The van der Waals surface area contributed by atoms with Crippen LogP contribution in [0.3, 0.4) is 0 Å². The molecule has 2 fully saturated rings. The Hall–Kier alpha value is -0.0400. The highest BCUT2D eigenvalue weighted by Gasteiger charge is 2.28. The van der Waals surface area contributed by atoms with Gasteiger partial charge in [-0.1, -0.05) is 65.2 Å². The number of hydrogen-bond donors (Lipinski definition) is 1. The first-order valence-electron chi connectivity index (χ1n) is 9.56. The minimum atomic E-state index is 0.829. The van der Waals surface area contributed by atoms with Gasteiger partial charge in [0.25, 0.3) is 0 Å². The van der Waals surface area contributed by atoms with Crippen LogP contribution in [-0.4, -0.2) is 12.6 Å². The summed E-state index contributed by atoms with van der Waals surface area (Å²) in [5.74, 6) is 3.04. The summed E-state index contributed by atoms with van der Waals surface area (Å²) >= 11 is 0. The van der Waals surface area contributed by atoms with Crippen LogP contribution in [0, 0.1) is 17.8 Å². The van der Waals surface area contributed by atoms with Crippen LogP contribution in [0.15, 0.2) is 0 Å². The third kappa shape index (κ3) is 5.06. The first-order chi connectivity index (χ1) is 9.83. The second kappa shape index (κ2) is 9.07. The van der Waals surface area contributed by atoms with Crippen molar-refractivity contribution in [2.75, 3.05) is 6.54 Å². The van der Waals surface area contributed by atoms with E-state index >= 15 is 0 Å². The van der Waals surface area contributed by atoms with Crippen LogP contribution >= 0.6 is 0 Å². The molecule has 0 radical (unpaired) electrons. The van der Waals surface area contributed by atoms with Crippen molar-refractivity contribution in [3.63, 3.8) is 0 Å². The zero-order valence-corrected chi connectivity index (χ0v) is 14.0. The van der Waals surface area contributed by atoms with Crippen LogP contribution in [0.2, 0.25) is 0 Å². The fraction of sp³-hybridized carbons (Fsp3) is 1.00. The molecule has 1 unspecified atom stereocenters. The molecule has 20 heavy (non-hydrogen) atoms. The summed E-state index contributed by atoms with van der Waals surface area (Å²) in [5.41, 5.74) is 0. The molecule has 2 rings (SSSR count). The van der Waals surface area contributed by atoms with Crippen molar-refractivity contribution in [1.82, 2.24) is 5.32 Å². The Bertz CT molecular complexity index is 236. The lowest BCUT2D eigenvalue weighted by atomic mass is 9.74. The Labute approximate surface area is 127 Å². The molecule has 2 saturated carbocycles. The Morgan fingerprint density at radius 2 is 1.55 bits per heavy atom. The van der Waals surface area contributed by atoms with Crippen molar-refractivity contribution < 1.29 is 0 Å². The quantitative estimate of drug-likeness (QED) is 0.645. The summed E-state index contributed by atoms with van der Waals surface area (Å²) in [6.07, 6.45) is 17.6. The zero-order valence-electron chi connectivity index (χ0n) is 14.0. The van der Waals surface area contributed by atoms with Crippen molar-refractivity contribution in [1.29, 1.82) is 0 Å². The number of hydrogen-bond acceptors (Lipinski definition) is 1. The van der Waals surface area contributed by atoms with E-state index in [-0.39, 0.29) is 0 Å². The number of nitrogens with one attached hydrogen (secondary N) is 1. The summed E-state index contributed by atoms with van der Waals surface area (Å²) in [6, 6.07) is 0.829. The minimum Gasteiger partial charge on any atom is -0.314 e. The topological polar surface area (TPSA) is 12.0 Å². The van der Waals surface area contributed by atoms with E-state index in [0.717, 1.165) is 23.8 Å². The van der Waals surface area contributed by atoms with E-state index in [9.17, 15) is 0 Å². The van der Waals surface area contributed by atoms with E-state index in [1.54, 1.807) is 0 Å². The van der Waals surface area contributed by atoms with Crippen molar-refractivity contribution in [2.24, 2.45) is 17.8 Å². The maximum atomic E-state index is 3.92. The molecule has 0 aromatic heterocycles. The van der Waals surface area contributed by atoms with Gasteiger partial charge in [-0.3, -0.25) is 0 Å². The van der Waals surface area contributed by atoms with Crippen LogP contribution in [0.4, 0.5) is 0 Å². The Morgan fingerprint density at radius 1 is 0.850 bits per heavy atom. The van der Waals surface area contributed by atoms with E-state index in [0.29, 0.717) is 0 Å². The van der Waals surface area contributed by atoms with Gasteiger partial charge in [0, 0.05) is 6.04 Å². The zero-order chi connectivity index (χ0) is 14.2. The third-order valence-corrected chi connectivity index (χ3v) is 6.01. The van der Waals surface area contributed by atoms with E-state index in [1.165, 1.54) is 83.6 Å². The van der Waals surface area contributed by atoms with E-state index in [2.05, 4.69) is 19.2 Å². The van der Waals surface area contributed by atoms with Gasteiger partial charge in [0.15, 0.2) is 0 Å². The molecule has 0 aromatic rings. The van der Waals surface area contributed by atoms with Gasteiger partial charge in [-0.25, -0.2) is 0 Å². The lowest BCUT2D eigenvalue weighted by Crippen LogP contribution is -2.40. The first kappa shape index (κ1) is 16.3. The minimum absolute atomic E-state index is 0.829. The maximum absolute atomic E-state index is 3.92. The van der Waals surface area contributed by atoms with Gasteiger partial charge < -0.3 is 5.32 Å². The monoisotopic (exact) mass is 279 g/mol. The molecule has 0 amide bonds. The number of rotatable bonds is 7. The predicted octanol–water partition coefficient (Wildman–Crippen LogP) is 5.54. The van der Waals surface area contributed by atoms with Gasteiger partial charge in [0.2, 0.25) is 0 Å². The van der Waals surface area contributed by atoms with Crippen LogP contribution in [0.5, 0.6) is 0 Å². The van der Waals surface area contributed by atoms with E-state index < -0.39 is 0 Å². The van der Waals surface area contributed by atoms with Crippen LogP contribution in [-0.2, 0) is 0 Å². The SMILES string of the molecule is CCCNC(CC1CCCCC1)C1CCC(CC)CC1.